The molecule has 1 aromatic carbocycles. The molecule has 1 aromatic heterocycles. The van der Waals surface area contributed by atoms with Gasteiger partial charge in [-0.05, 0) is 49.4 Å². The molecule has 2 atom stereocenters. The van der Waals surface area contributed by atoms with Crippen LogP contribution in [0.2, 0.25) is 0 Å². The molecule has 9 heteroatoms. The SMILES string of the molecule is CN=C/C(=C\N)c1ccc(C)cc1C(=O)N1CCC[C@@H](C)[C@H]1CNc1ccc(C(F)(F)F)cn1. The number of hydrogen-bond donors (Lipinski definition) is 2. The number of aromatic nitrogens is 1. The van der Waals surface area contributed by atoms with Crippen molar-refractivity contribution < 1.29 is 18.0 Å². The summed E-state index contributed by atoms with van der Waals surface area (Å²) in [6, 6.07) is 7.81. The Morgan fingerprint density at radius 3 is 2.68 bits per heavy atom. The average molecular weight is 474 g/mol. The number of aryl methyl sites for hydroxylation is 1. The molecule has 1 aliphatic rings. The predicted octanol–water partition coefficient (Wildman–Crippen LogP) is 4.76. The van der Waals surface area contributed by atoms with Crippen LogP contribution in [0.4, 0.5) is 19.0 Å². The van der Waals surface area contributed by atoms with Crippen LogP contribution >= 0.6 is 0 Å². The van der Waals surface area contributed by atoms with E-state index in [-0.39, 0.29) is 17.9 Å². The fourth-order valence-corrected chi connectivity index (χ4v) is 4.27. The molecule has 2 heterocycles. The number of carbonyl (C=O) groups is 1. The lowest BCUT2D eigenvalue weighted by molar-refractivity contribution is -0.137. The van der Waals surface area contributed by atoms with E-state index in [2.05, 4.69) is 22.2 Å². The number of aliphatic imine (C=N–C) groups is 1. The summed E-state index contributed by atoms with van der Waals surface area (Å²) in [6.07, 6.45) is 1.26. The summed E-state index contributed by atoms with van der Waals surface area (Å²) in [5, 5.41) is 3.12. The summed E-state index contributed by atoms with van der Waals surface area (Å²) in [6.45, 7) is 4.97. The van der Waals surface area contributed by atoms with Gasteiger partial charge in [0.05, 0.1) is 11.6 Å². The molecule has 1 saturated heterocycles. The molecule has 1 aliphatic heterocycles. The highest BCUT2D eigenvalue weighted by Crippen LogP contribution is 2.30. The van der Waals surface area contributed by atoms with Gasteiger partial charge in [-0.3, -0.25) is 9.79 Å². The molecule has 6 nitrogen and oxygen atoms in total. The normalized spacial score (nSPS) is 19.5. The van der Waals surface area contributed by atoms with Crippen LogP contribution in [0.25, 0.3) is 5.57 Å². The molecular formula is C25H30F3N5O. The molecule has 0 spiro atoms. The zero-order chi connectivity index (χ0) is 24.9. The van der Waals surface area contributed by atoms with Crippen LogP contribution in [-0.2, 0) is 6.18 Å². The van der Waals surface area contributed by atoms with Crippen molar-refractivity contribution in [3.63, 3.8) is 0 Å². The lowest BCUT2D eigenvalue weighted by atomic mass is 9.89. The van der Waals surface area contributed by atoms with Crippen LogP contribution in [0.5, 0.6) is 0 Å². The Labute approximate surface area is 197 Å². The highest BCUT2D eigenvalue weighted by molar-refractivity contribution is 6.14. The Morgan fingerprint density at radius 2 is 2.06 bits per heavy atom. The van der Waals surface area contributed by atoms with Gasteiger partial charge in [0.1, 0.15) is 5.82 Å². The largest absolute Gasteiger partial charge is 0.417 e. The first-order valence-electron chi connectivity index (χ1n) is 11.2. The number of rotatable bonds is 6. The second-order valence-electron chi connectivity index (χ2n) is 8.55. The van der Waals surface area contributed by atoms with Gasteiger partial charge in [0.15, 0.2) is 0 Å². The summed E-state index contributed by atoms with van der Waals surface area (Å²) in [4.78, 5) is 23.5. The Morgan fingerprint density at radius 1 is 1.29 bits per heavy atom. The minimum atomic E-state index is -4.43. The topological polar surface area (TPSA) is 83.6 Å². The first kappa shape index (κ1) is 25.3. The molecule has 182 valence electrons. The highest BCUT2D eigenvalue weighted by Gasteiger charge is 2.34. The first-order valence-corrected chi connectivity index (χ1v) is 11.2. The third-order valence-corrected chi connectivity index (χ3v) is 6.12. The summed E-state index contributed by atoms with van der Waals surface area (Å²) >= 11 is 0. The zero-order valence-corrected chi connectivity index (χ0v) is 19.6. The first-order chi connectivity index (χ1) is 16.2. The van der Waals surface area contributed by atoms with Crippen molar-refractivity contribution in [3.8, 4) is 0 Å². The number of nitrogens with two attached hydrogens (primary N) is 1. The quantitative estimate of drug-likeness (QED) is 0.593. The van der Waals surface area contributed by atoms with Crippen LogP contribution in [0.1, 0.15) is 46.8 Å². The van der Waals surface area contributed by atoms with Crippen LogP contribution < -0.4 is 11.1 Å². The van der Waals surface area contributed by atoms with Gasteiger partial charge in [0, 0.05) is 49.9 Å². The van der Waals surface area contributed by atoms with Crippen molar-refractivity contribution >= 4 is 23.5 Å². The monoisotopic (exact) mass is 473 g/mol. The molecule has 0 bridgehead atoms. The van der Waals surface area contributed by atoms with Crippen molar-refractivity contribution in [3.05, 3.63) is 65.0 Å². The van der Waals surface area contributed by atoms with E-state index in [1.54, 1.807) is 13.3 Å². The predicted molar refractivity (Wildman–Crippen MR) is 129 cm³/mol. The van der Waals surface area contributed by atoms with E-state index in [0.717, 1.165) is 30.7 Å². The van der Waals surface area contributed by atoms with Crippen LogP contribution in [0, 0.1) is 12.8 Å². The zero-order valence-electron chi connectivity index (χ0n) is 19.6. The van der Waals surface area contributed by atoms with E-state index in [1.165, 1.54) is 12.3 Å². The average Bonchev–Trinajstić information content (AvgIpc) is 2.81. The molecule has 0 aliphatic carbocycles. The van der Waals surface area contributed by atoms with Crippen molar-refractivity contribution in [2.45, 2.75) is 38.9 Å². The Balaban J connectivity index is 1.85. The third-order valence-electron chi connectivity index (χ3n) is 6.12. The molecule has 2 aromatic rings. The maximum Gasteiger partial charge on any atom is 0.417 e. The number of likely N-dealkylation sites (tertiary alicyclic amines) is 1. The van der Waals surface area contributed by atoms with E-state index in [4.69, 9.17) is 5.73 Å². The maximum absolute atomic E-state index is 13.8. The standard InChI is InChI=1S/C25H30F3N5O/c1-16-6-8-20(18(12-29)13-30-3)21(11-16)24(34)33-10-4-5-17(2)22(33)15-32-23-9-7-19(14-31-23)25(26,27)28/h6-9,11-14,17,22H,4-5,10,15,29H2,1-3H3,(H,31,32)/b18-12+,30-13?/t17-,22-/m1/s1. The van der Waals surface area contributed by atoms with Gasteiger partial charge in [-0.25, -0.2) is 4.98 Å². The second kappa shape index (κ2) is 10.7. The van der Waals surface area contributed by atoms with E-state index < -0.39 is 11.7 Å². The van der Waals surface area contributed by atoms with Gasteiger partial charge in [-0.1, -0.05) is 24.6 Å². The molecule has 34 heavy (non-hydrogen) atoms. The number of hydrogen-bond acceptors (Lipinski definition) is 5. The number of pyridine rings is 1. The van der Waals surface area contributed by atoms with Gasteiger partial charge < -0.3 is 16.0 Å². The van der Waals surface area contributed by atoms with Crippen LogP contribution in [0.15, 0.2) is 47.7 Å². The molecule has 3 rings (SSSR count). The number of allylic oxidation sites excluding steroid dienone is 1. The number of nitrogens with zero attached hydrogens (tertiary/aromatic N) is 3. The van der Waals surface area contributed by atoms with Gasteiger partial charge in [-0.2, -0.15) is 13.2 Å². The Kier molecular flexibility index (Phi) is 7.96. The summed E-state index contributed by atoms with van der Waals surface area (Å²) in [5.41, 5.74) is 7.86. The number of piperidine rings is 1. The Bertz CT molecular complexity index is 1060. The summed E-state index contributed by atoms with van der Waals surface area (Å²) < 4.78 is 38.4. The lowest BCUT2D eigenvalue weighted by Crippen LogP contribution is -2.51. The maximum atomic E-state index is 13.8. The minimum absolute atomic E-state index is 0.110. The lowest BCUT2D eigenvalue weighted by Gasteiger charge is -2.40. The van der Waals surface area contributed by atoms with Gasteiger partial charge >= 0.3 is 6.18 Å². The van der Waals surface area contributed by atoms with Crippen LogP contribution in [0.3, 0.4) is 0 Å². The van der Waals surface area contributed by atoms with Crippen molar-refractivity contribution in [2.75, 3.05) is 25.5 Å². The number of carbonyl (C=O) groups excluding carboxylic acids is 1. The number of nitrogens with one attached hydrogen (secondary N) is 1. The molecule has 3 N–H and O–H groups in total. The molecular weight excluding hydrogens is 443 g/mol. The molecule has 1 amide bonds. The Hall–Kier alpha value is -3.36. The van der Waals surface area contributed by atoms with E-state index in [0.29, 0.717) is 35.6 Å². The van der Waals surface area contributed by atoms with E-state index in [1.807, 2.05) is 30.0 Å². The summed E-state index contributed by atoms with van der Waals surface area (Å²) in [5.74, 6) is 0.429. The van der Waals surface area contributed by atoms with Crippen molar-refractivity contribution in [1.29, 1.82) is 0 Å². The second-order valence-corrected chi connectivity index (χ2v) is 8.55. The molecule has 0 unspecified atom stereocenters. The number of benzene rings is 1. The van der Waals surface area contributed by atoms with E-state index >= 15 is 0 Å². The molecule has 1 fully saturated rings. The van der Waals surface area contributed by atoms with Crippen molar-refractivity contribution in [2.24, 2.45) is 16.6 Å². The van der Waals surface area contributed by atoms with Crippen LogP contribution in [-0.4, -0.2) is 48.2 Å². The fourth-order valence-electron chi connectivity index (χ4n) is 4.27. The molecule has 0 saturated carbocycles. The van der Waals surface area contributed by atoms with Gasteiger partial charge in [0.2, 0.25) is 0 Å². The minimum Gasteiger partial charge on any atom is -0.404 e. The van der Waals surface area contributed by atoms with E-state index in [9.17, 15) is 18.0 Å². The summed E-state index contributed by atoms with van der Waals surface area (Å²) in [7, 11) is 1.64. The number of alkyl halides is 3. The smallest absolute Gasteiger partial charge is 0.404 e. The fraction of sp³-hybridized carbons (Fsp3) is 0.400. The third kappa shape index (κ3) is 5.76. The highest BCUT2D eigenvalue weighted by atomic mass is 19.4. The number of halogens is 3. The van der Waals surface area contributed by atoms with Gasteiger partial charge in [0.25, 0.3) is 5.91 Å². The number of amides is 1. The van der Waals surface area contributed by atoms with Crippen molar-refractivity contribution in [1.82, 2.24) is 9.88 Å². The van der Waals surface area contributed by atoms with Gasteiger partial charge in [-0.15, -0.1) is 0 Å². The number of anilines is 1. The molecule has 0 radical (unpaired) electrons.